The molecule has 0 saturated carbocycles. The highest BCUT2D eigenvalue weighted by Gasteiger charge is 2.09. The summed E-state index contributed by atoms with van der Waals surface area (Å²) in [5.41, 5.74) is 1.45. The summed E-state index contributed by atoms with van der Waals surface area (Å²) in [6.07, 6.45) is 2.26. The van der Waals surface area contributed by atoms with E-state index in [1.54, 1.807) is 30.5 Å². The number of nitrogens with zero attached hydrogens (tertiary/aromatic N) is 2. The van der Waals surface area contributed by atoms with Gasteiger partial charge in [0.25, 0.3) is 0 Å². The quantitative estimate of drug-likeness (QED) is 0.693. The molecule has 0 saturated heterocycles. The number of aromatic hydroxyl groups is 1. The SMILES string of the molecule is COC(=O)CCc1cnc(-c2ccc(O)cc2)nc1Cl. The zero-order valence-corrected chi connectivity index (χ0v) is 11.6. The lowest BCUT2D eigenvalue weighted by atomic mass is 10.1. The molecule has 6 heteroatoms. The molecule has 0 bridgehead atoms. The minimum Gasteiger partial charge on any atom is -0.508 e. The highest BCUT2D eigenvalue weighted by Crippen LogP contribution is 2.22. The number of hydrogen-bond acceptors (Lipinski definition) is 5. The van der Waals surface area contributed by atoms with Gasteiger partial charge in [-0.1, -0.05) is 11.6 Å². The minimum absolute atomic E-state index is 0.176. The van der Waals surface area contributed by atoms with Gasteiger partial charge in [0.05, 0.1) is 7.11 Å². The largest absolute Gasteiger partial charge is 0.508 e. The fraction of sp³-hybridized carbons (Fsp3) is 0.214. The monoisotopic (exact) mass is 292 g/mol. The fourth-order valence-electron chi connectivity index (χ4n) is 1.64. The lowest BCUT2D eigenvalue weighted by molar-refractivity contribution is -0.140. The third kappa shape index (κ3) is 3.45. The van der Waals surface area contributed by atoms with Crippen molar-refractivity contribution in [2.45, 2.75) is 12.8 Å². The Morgan fingerprint density at radius 3 is 2.65 bits per heavy atom. The van der Waals surface area contributed by atoms with Gasteiger partial charge < -0.3 is 9.84 Å². The van der Waals surface area contributed by atoms with Gasteiger partial charge in [-0.3, -0.25) is 4.79 Å². The number of ether oxygens (including phenoxy) is 1. The number of phenols is 1. The maximum Gasteiger partial charge on any atom is 0.305 e. The van der Waals surface area contributed by atoms with Crippen LogP contribution in [0.4, 0.5) is 0 Å². The van der Waals surface area contributed by atoms with E-state index in [-0.39, 0.29) is 18.1 Å². The zero-order valence-electron chi connectivity index (χ0n) is 10.8. The molecule has 1 aromatic carbocycles. The summed E-state index contributed by atoms with van der Waals surface area (Å²) in [4.78, 5) is 19.5. The standard InChI is InChI=1S/C14H13ClN2O3/c1-20-12(19)7-4-10-8-16-14(17-13(10)15)9-2-5-11(18)6-3-9/h2-3,5-6,8,18H,4,7H2,1H3. The Morgan fingerprint density at radius 2 is 2.05 bits per heavy atom. The van der Waals surface area contributed by atoms with Crippen LogP contribution in [0, 0.1) is 0 Å². The van der Waals surface area contributed by atoms with E-state index < -0.39 is 0 Å². The minimum atomic E-state index is -0.302. The van der Waals surface area contributed by atoms with E-state index in [9.17, 15) is 9.90 Å². The number of halogens is 1. The Labute approximate surface area is 121 Å². The van der Waals surface area contributed by atoms with Crippen molar-refractivity contribution in [3.05, 3.63) is 41.2 Å². The van der Waals surface area contributed by atoms with E-state index in [4.69, 9.17) is 11.6 Å². The molecule has 5 nitrogen and oxygen atoms in total. The predicted octanol–water partition coefficient (Wildman–Crippen LogP) is 2.61. The Balaban J connectivity index is 2.17. The van der Waals surface area contributed by atoms with Gasteiger partial charge in [-0.25, -0.2) is 9.97 Å². The second-order valence-electron chi connectivity index (χ2n) is 4.13. The molecular formula is C14H13ClN2O3. The highest BCUT2D eigenvalue weighted by molar-refractivity contribution is 6.30. The summed E-state index contributed by atoms with van der Waals surface area (Å²) < 4.78 is 4.57. The third-order valence-corrected chi connectivity index (χ3v) is 3.09. The maximum atomic E-state index is 11.1. The average Bonchev–Trinajstić information content (AvgIpc) is 2.46. The Morgan fingerprint density at radius 1 is 1.35 bits per heavy atom. The van der Waals surface area contributed by atoms with E-state index in [1.165, 1.54) is 7.11 Å². The fourth-order valence-corrected chi connectivity index (χ4v) is 1.87. The molecule has 0 fully saturated rings. The number of phenolic OH excluding ortho intramolecular Hbond substituents is 1. The van der Waals surface area contributed by atoms with Crippen LogP contribution in [0.3, 0.4) is 0 Å². The molecule has 104 valence electrons. The molecule has 0 atom stereocenters. The average molecular weight is 293 g/mol. The van der Waals surface area contributed by atoms with Crippen LogP contribution in [0.5, 0.6) is 5.75 Å². The van der Waals surface area contributed by atoms with Crippen molar-refractivity contribution in [2.24, 2.45) is 0 Å². The molecule has 1 aromatic heterocycles. The van der Waals surface area contributed by atoms with Gasteiger partial charge in [0.2, 0.25) is 0 Å². The molecule has 1 heterocycles. The molecule has 0 amide bonds. The lowest BCUT2D eigenvalue weighted by Crippen LogP contribution is -2.03. The summed E-state index contributed by atoms with van der Waals surface area (Å²) >= 11 is 6.08. The van der Waals surface area contributed by atoms with Crippen molar-refractivity contribution in [1.82, 2.24) is 9.97 Å². The summed E-state index contributed by atoms with van der Waals surface area (Å²) in [7, 11) is 1.34. The van der Waals surface area contributed by atoms with E-state index in [0.29, 0.717) is 23.0 Å². The van der Waals surface area contributed by atoms with E-state index in [2.05, 4.69) is 14.7 Å². The molecule has 0 aliphatic heterocycles. The van der Waals surface area contributed by atoms with Crippen LogP contribution in [-0.2, 0) is 16.0 Å². The Hall–Kier alpha value is -2.14. The van der Waals surface area contributed by atoms with Crippen molar-refractivity contribution in [3.8, 4) is 17.1 Å². The molecular weight excluding hydrogens is 280 g/mol. The van der Waals surface area contributed by atoms with Crippen molar-refractivity contribution in [2.75, 3.05) is 7.11 Å². The summed E-state index contributed by atoms with van der Waals surface area (Å²) in [5.74, 6) is 0.343. The number of carbonyl (C=O) groups excluding carboxylic acids is 1. The number of benzene rings is 1. The first-order valence-electron chi connectivity index (χ1n) is 5.98. The van der Waals surface area contributed by atoms with Gasteiger partial charge in [0.1, 0.15) is 10.9 Å². The summed E-state index contributed by atoms with van der Waals surface area (Å²) in [6.45, 7) is 0. The molecule has 0 unspecified atom stereocenters. The summed E-state index contributed by atoms with van der Waals surface area (Å²) in [6, 6.07) is 6.51. The molecule has 0 aliphatic rings. The lowest BCUT2D eigenvalue weighted by Gasteiger charge is -2.05. The molecule has 0 spiro atoms. The Kier molecular flexibility index (Phi) is 4.53. The van der Waals surface area contributed by atoms with Crippen molar-refractivity contribution < 1.29 is 14.6 Å². The second-order valence-corrected chi connectivity index (χ2v) is 4.49. The van der Waals surface area contributed by atoms with Gasteiger partial charge in [0.15, 0.2) is 5.82 Å². The first-order valence-corrected chi connectivity index (χ1v) is 6.35. The Bertz CT molecular complexity index is 614. The van der Waals surface area contributed by atoms with Gasteiger partial charge in [-0.05, 0) is 30.7 Å². The van der Waals surface area contributed by atoms with Gasteiger partial charge in [-0.15, -0.1) is 0 Å². The number of hydrogen-bond donors (Lipinski definition) is 1. The number of aromatic nitrogens is 2. The van der Waals surface area contributed by atoms with E-state index >= 15 is 0 Å². The second kappa shape index (κ2) is 6.34. The molecule has 20 heavy (non-hydrogen) atoms. The van der Waals surface area contributed by atoms with Crippen LogP contribution in [0.25, 0.3) is 11.4 Å². The predicted molar refractivity (Wildman–Crippen MR) is 74.5 cm³/mol. The first kappa shape index (κ1) is 14.3. The summed E-state index contributed by atoms with van der Waals surface area (Å²) in [5, 5.41) is 9.55. The van der Waals surface area contributed by atoms with E-state index in [0.717, 1.165) is 5.56 Å². The van der Waals surface area contributed by atoms with Crippen LogP contribution < -0.4 is 0 Å². The number of esters is 1. The van der Waals surface area contributed by atoms with Crippen LogP contribution >= 0.6 is 11.6 Å². The molecule has 2 rings (SSSR count). The van der Waals surface area contributed by atoms with E-state index in [1.807, 2.05) is 0 Å². The van der Waals surface area contributed by atoms with Crippen LogP contribution in [0.2, 0.25) is 5.15 Å². The van der Waals surface area contributed by atoms with Crippen molar-refractivity contribution >= 4 is 17.6 Å². The molecule has 1 N–H and O–H groups in total. The zero-order chi connectivity index (χ0) is 14.5. The molecule has 0 aliphatic carbocycles. The number of rotatable bonds is 4. The molecule has 0 radical (unpaired) electrons. The first-order chi connectivity index (χ1) is 9.60. The number of methoxy groups -OCH3 is 1. The van der Waals surface area contributed by atoms with Crippen LogP contribution in [0.1, 0.15) is 12.0 Å². The topological polar surface area (TPSA) is 72.3 Å². The van der Waals surface area contributed by atoms with Gasteiger partial charge in [0, 0.05) is 23.7 Å². The maximum absolute atomic E-state index is 11.1. The number of carbonyl (C=O) groups is 1. The van der Waals surface area contributed by atoms with Crippen LogP contribution in [-0.4, -0.2) is 28.2 Å². The third-order valence-electron chi connectivity index (χ3n) is 2.76. The smallest absolute Gasteiger partial charge is 0.305 e. The normalized spacial score (nSPS) is 10.3. The number of aryl methyl sites for hydroxylation is 1. The van der Waals surface area contributed by atoms with Crippen molar-refractivity contribution in [3.63, 3.8) is 0 Å². The van der Waals surface area contributed by atoms with Crippen molar-refractivity contribution in [1.29, 1.82) is 0 Å². The van der Waals surface area contributed by atoms with Gasteiger partial charge in [-0.2, -0.15) is 0 Å². The van der Waals surface area contributed by atoms with Gasteiger partial charge >= 0.3 is 5.97 Å². The highest BCUT2D eigenvalue weighted by atomic mass is 35.5. The molecule has 2 aromatic rings. The van der Waals surface area contributed by atoms with Crippen LogP contribution in [0.15, 0.2) is 30.5 Å².